The molecule has 5 aromatic rings. The number of nitrogens with one attached hydrogen (secondary N) is 1. The molecule has 0 spiro atoms. The number of aromatic nitrogens is 4. The molecule has 176 valence electrons. The van der Waals surface area contributed by atoms with Crippen molar-refractivity contribution >= 4 is 73.2 Å². The Hall–Kier alpha value is -3.28. The third kappa shape index (κ3) is 4.42. The Morgan fingerprint density at radius 3 is 2.91 bits per heavy atom. The van der Waals surface area contributed by atoms with E-state index in [1.165, 1.54) is 11.3 Å². The van der Waals surface area contributed by atoms with Gasteiger partial charge in [0, 0.05) is 12.2 Å². The Labute approximate surface area is 213 Å². The Morgan fingerprint density at radius 1 is 1.11 bits per heavy atom. The molecule has 1 fully saturated rings. The topological polar surface area (TPSA) is 93.0 Å². The van der Waals surface area contributed by atoms with Crippen molar-refractivity contribution in [2.45, 2.75) is 29.1 Å². The van der Waals surface area contributed by atoms with E-state index in [1.807, 2.05) is 58.6 Å². The fourth-order valence-corrected chi connectivity index (χ4v) is 6.89. The van der Waals surface area contributed by atoms with Crippen LogP contribution in [0.1, 0.15) is 22.5 Å². The minimum atomic E-state index is -0.453. The molecule has 6 rings (SSSR count). The van der Waals surface area contributed by atoms with Crippen molar-refractivity contribution in [3.8, 4) is 0 Å². The van der Waals surface area contributed by atoms with Gasteiger partial charge in [-0.25, -0.2) is 9.67 Å². The van der Waals surface area contributed by atoms with Crippen LogP contribution in [-0.4, -0.2) is 49.3 Å². The molecule has 8 nitrogen and oxygen atoms in total. The van der Waals surface area contributed by atoms with Gasteiger partial charge in [0.05, 0.1) is 26.5 Å². The molecule has 1 N–H and O–H groups in total. The van der Waals surface area contributed by atoms with Crippen LogP contribution in [0, 0.1) is 0 Å². The first-order valence-electron chi connectivity index (χ1n) is 11.1. The van der Waals surface area contributed by atoms with Crippen LogP contribution >= 0.6 is 34.4 Å². The molecule has 1 atom stereocenters. The summed E-state index contributed by atoms with van der Waals surface area (Å²) < 4.78 is 3.78. The van der Waals surface area contributed by atoms with Gasteiger partial charge >= 0.3 is 0 Å². The van der Waals surface area contributed by atoms with Gasteiger partial charge in [0.15, 0.2) is 4.34 Å². The van der Waals surface area contributed by atoms with Gasteiger partial charge in [0.2, 0.25) is 5.91 Å². The fraction of sp³-hybridized carbons (Fsp3) is 0.208. The van der Waals surface area contributed by atoms with Gasteiger partial charge in [0.1, 0.15) is 11.6 Å². The van der Waals surface area contributed by atoms with Gasteiger partial charge in [-0.3, -0.25) is 9.59 Å². The van der Waals surface area contributed by atoms with E-state index in [2.05, 4.69) is 15.6 Å². The number of para-hydroxylation sites is 1. The Balaban J connectivity index is 1.14. The first-order chi connectivity index (χ1) is 17.2. The summed E-state index contributed by atoms with van der Waals surface area (Å²) in [6, 6.07) is 16.8. The number of anilines is 1. The molecule has 1 unspecified atom stereocenters. The van der Waals surface area contributed by atoms with E-state index in [1.54, 1.807) is 34.1 Å². The minimum absolute atomic E-state index is 0.0719. The van der Waals surface area contributed by atoms with Crippen LogP contribution in [0.3, 0.4) is 0 Å². The van der Waals surface area contributed by atoms with E-state index < -0.39 is 6.04 Å². The van der Waals surface area contributed by atoms with Crippen LogP contribution in [0.5, 0.6) is 0 Å². The van der Waals surface area contributed by atoms with Gasteiger partial charge in [0.25, 0.3) is 5.91 Å². The molecule has 1 aliphatic rings. The molecule has 2 amide bonds. The number of thiazole rings is 1. The number of carbonyl (C=O) groups is 2. The molecule has 1 aliphatic heterocycles. The van der Waals surface area contributed by atoms with Gasteiger partial charge in [-0.05, 0) is 54.6 Å². The lowest BCUT2D eigenvalue weighted by atomic mass is 10.2. The van der Waals surface area contributed by atoms with Crippen LogP contribution in [0.4, 0.5) is 5.69 Å². The molecule has 0 bridgehead atoms. The molecule has 4 heterocycles. The number of thiophene rings is 1. The van der Waals surface area contributed by atoms with Crippen molar-refractivity contribution in [1.29, 1.82) is 0 Å². The zero-order chi connectivity index (χ0) is 23.8. The molecule has 0 radical (unpaired) electrons. The number of likely N-dealkylation sites (tertiary alicyclic amines) is 1. The van der Waals surface area contributed by atoms with Gasteiger partial charge < -0.3 is 10.2 Å². The molecule has 35 heavy (non-hydrogen) atoms. The molecule has 2 aromatic carbocycles. The first kappa shape index (κ1) is 22.2. The monoisotopic (exact) mass is 520 g/mol. The zero-order valence-electron chi connectivity index (χ0n) is 18.5. The van der Waals surface area contributed by atoms with Crippen LogP contribution < -0.4 is 5.32 Å². The maximum absolute atomic E-state index is 13.0. The largest absolute Gasteiger partial charge is 0.326 e. The maximum atomic E-state index is 13.0. The Morgan fingerprint density at radius 2 is 2.03 bits per heavy atom. The van der Waals surface area contributed by atoms with Crippen LogP contribution in [0.25, 0.3) is 21.3 Å². The SMILES string of the molecule is O=C(Nc1ccc2nc(SCn3nnc4ccccc43)sc2c1)C1CCCN1C(=O)c1cccs1. The highest BCUT2D eigenvalue weighted by Gasteiger charge is 2.35. The van der Waals surface area contributed by atoms with Crippen molar-refractivity contribution in [2.75, 3.05) is 11.9 Å². The van der Waals surface area contributed by atoms with Gasteiger partial charge in [-0.15, -0.1) is 27.8 Å². The number of thioether (sulfide) groups is 1. The number of fused-ring (bicyclic) bond motifs is 2. The number of hydrogen-bond acceptors (Lipinski definition) is 8. The van der Waals surface area contributed by atoms with Crippen LogP contribution in [0.15, 0.2) is 64.3 Å². The van der Waals surface area contributed by atoms with Crippen LogP contribution in [-0.2, 0) is 10.7 Å². The van der Waals surface area contributed by atoms with E-state index in [4.69, 9.17) is 4.98 Å². The summed E-state index contributed by atoms with van der Waals surface area (Å²) in [4.78, 5) is 32.9. The first-order valence-corrected chi connectivity index (χ1v) is 13.8. The van der Waals surface area contributed by atoms with E-state index in [0.29, 0.717) is 29.4 Å². The summed E-state index contributed by atoms with van der Waals surface area (Å²) in [6.07, 6.45) is 1.49. The number of carbonyl (C=O) groups excluding carboxylic acids is 2. The molecule has 3 aromatic heterocycles. The number of benzene rings is 2. The summed E-state index contributed by atoms with van der Waals surface area (Å²) in [5.74, 6) is 0.390. The lowest BCUT2D eigenvalue weighted by molar-refractivity contribution is -0.119. The molecule has 11 heteroatoms. The van der Waals surface area contributed by atoms with E-state index >= 15 is 0 Å². The summed E-state index contributed by atoms with van der Waals surface area (Å²) >= 11 is 4.58. The number of rotatable bonds is 6. The highest BCUT2D eigenvalue weighted by Crippen LogP contribution is 2.33. The second-order valence-electron chi connectivity index (χ2n) is 8.14. The highest BCUT2D eigenvalue weighted by atomic mass is 32.2. The number of hydrogen-bond donors (Lipinski definition) is 1. The Bertz CT molecular complexity index is 1530. The fourth-order valence-electron chi connectivity index (χ4n) is 4.22. The quantitative estimate of drug-likeness (QED) is 0.313. The average molecular weight is 521 g/mol. The second kappa shape index (κ2) is 9.40. The van der Waals surface area contributed by atoms with E-state index in [0.717, 1.165) is 32.0 Å². The smallest absolute Gasteiger partial charge is 0.264 e. The molecule has 0 saturated carbocycles. The number of nitrogens with zero attached hydrogens (tertiary/aromatic N) is 5. The summed E-state index contributed by atoms with van der Waals surface area (Å²) in [7, 11) is 0. The maximum Gasteiger partial charge on any atom is 0.264 e. The van der Waals surface area contributed by atoms with E-state index in [9.17, 15) is 9.59 Å². The third-order valence-electron chi connectivity index (χ3n) is 5.92. The van der Waals surface area contributed by atoms with Crippen molar-refractivity contribution < 1.29 is 9.59 Å². The Kier molecular flexibility index (Phi) is 5.96. The molecule has 1 saturated heterocycles. The average Bonchev–Trinajstić information content (AvgIpc) is 3.67. The lowest BCUT2D eigenvalue weighted by Gasteiger charge is -2.23. The summed E-state index contributed by atoms with van der Waals surface area (Å²) in [5, 5.41) is 13.3. The van der Waals surface area contributed by atoms with Gasteiger partial charge in [-0.2, -0.15) is 0 Å². The summed E-state index contributed by atoms with van der Waals surface area (Å²) in [5.41, 5.74) is 3.45. The summed E-state index contributed by atoms with van der Waals surface area (Å²) in [6.45, 7) is 0.602. The second-order valence-corrected chi connectivity index (χ2v) is 11.3. The predicted molar refractivity (Wildman–Crippen MR) is 140 cm³/mol. The zero-order valence-corrected chi connectivity index (χ0v) is 20.9. The predicted octanol–water partition coefficient (Wildman–Crippen LogP) is 5.10. The molecule has 0 aliphatic carbocycles. The van der Waals surface area contributed by atoms with Gasteiger partial charge in [-0.1, -0.05) is 35.2 Å². The number of amides is 2. The van der Waals surface area contributed by atoms with Crippen molar-refractivity contribution in [3.63, 3.8) is 0 Å². The van der Waals surface area contributed by atoms with Crippen molar-refractivity contribution in [2.24, 2.45) is 0 Å². The standard InChI is InChI=1S/C24H20N6O2S3/c31-22(19-7-3-11-29(19)23(32)20-8-4-12-33-20)25-15-9-10-17-21(13-15)35-24(26-17)34-14-30-18-6-2-1-5-16(18)27-28-30/h1-2,4-6,8-10,12-13,19H,3,7,11,14H2,(H,25,31). The highest BCUT2D eigenvalue weighted by molar-refractivity contribution is 8.00. The lowest BCUT2D eigenvalue weighted by Crippen LogP contribution is -2.42. The normalized spacial score (nSPS) is 15.8. The van der Waals surface area contributed by atoms with E-state index in [-0.39, 0.29) is 11.8 Å². The van der Waals surface area contributed by atoms with Crippen molar-refractivity contribution in [1.82, 2.24) is 24.9 Å². The molecular formula is C24H20N6O2S3. The van der Waals surface area contributed by atoms with Crippen LogP contribution in [0.2, 0.25) is 0 Å². The third-order valence-corrected chi connectivity index (χ3v) is 8.90. The van der Waals surface area contributed by atoms with Crippen molar-refractivity contribution in [3.05, 3.63) is 64.9 Å². The minimum Gasteiger partial charge on any atom is -0.326 e. The molecular weight excluding hydrogens is 501 g/mol.